The quantitative estimate of drug-likeness (QED) is 0.0298. The van der Waals surface area contributed by atoms with Crippen LogP contribution in [0.3, 0.4) is 0 Å². The van der Waals surface area contributed by atoms with E-state index >= 15 is 0 Å². The van der Waals surface area contributed by atoms with Crippen molar-refractivity contribution in [3.63, 3.8) is 0 Å². The summed E-state index contributed by atoms with van der Waals surface area (Å²) in [5.74, 6) is -9.40. The summed E-state index contributed by atoms with van der Waals surface area (Å²) in [5.41, 5.74) is 0. The highest BCUT2D eigenvalue weighted by Crippen LogP contribution is 2.41. The summed E-state index contributed by atoms with van der Waals surface area (Å²) < 4.78 is 74.4. The molecule has 22 rings (SSSR count). The van der Waals surface area contributed by atoms with Crippen LogP contribution in [0.25, 0.3) is 0 Å². The lowest BCUT2D eigenvalue weighted by Gasteiger charge is -2.51. The van der Waals surface area contributed by atoms with Crippen LogP contribution in [0.5, 0.6) is 0 Å². The highest BCUT2D eigenvalue weighted by atomic mass is 32.2. The minimum Gasteiger partial charge on any atom is -0.481 e. The number of aliphatic carboxylic acids is 6. The second-order valence-corrected chi connectivity index (χ2v) is 30.0. The minimum atomic E-state index is -2.21. The van der Waals surface area contributed by atoms with Crippen molar-refractivity contribution < 1.29 is 178 Å². The molecule has 0 spiro atoms. The number of carboxylic acids is 6. The maximum absolute atomic E-state index is 12.0. The molecule has 36 nitrogen and oxygen atoms in total. The molecule has 0 saturated carbocycles. The molecule has 96 heavy (non-hydrogen) atoms. The molecular formula is C54H84O36S6. The fourth-order valence-corrected chi connectivity index (χ4v) is 16.9. The second-order valence-electron chi connectivity index (χ2n) is 23.1. The van der Waals surface area contributed by atoms with Gasteiger partial charge in [0, 0.05) is 69.0 Å². The summed E-state index contributed by atoms with van der Waals surface area (Å²) >= 11 is 5.66. The summed E-state index contributed by atoms with van der Waals surface area (Å²) in [7, 11) is 0. The number of ether oxygens (including phenoxy) is 12. The van der Waals surface area contributed by atoms with Gasteiger partial charge in [-0.2, -0.15) is 70.6 Å². The first kappa shape index (κ1) is 81.3. The molecule has 0 radical (unpaired) electrons. The number of hydrogen-bond donors (Lipinski definition) is 18. The normalized spacial score (nSPS) is 41.5. The maximum Gasteiger partial charge on any atom is 0.304 e. The molecule has 0 unspecified atom stereocenters. The van der Waals surface area contributed by atoms with Crippen LogP contribution >= 0.6 is 70.6 Å². The predicted molar refractivity (Wildman–Crippen MR) is 331 cm³/mol. The van der Waals surface area contributed by atoms with E-state index in [0.717, 1.165) is 70.6 Å². The number of aliphatic hydroxyl groups is 12. The Morgan fingerprint density at radius 2 is 0.333 bits per heavy atom. The molecule has 0 aliphatic carbocycles. The maximum atomic E-state index is 12.0. The van der Waals surface area contributed by atoms with E-state index in [9.17, 15) is 121 Å². The number of hydrogen-bond acceptors (Lipinski definition) is 36. The summed E-state index contributed by atoms with van der Waals surface area (Å²) in [6.45, 7) is 0. The van der Waals surface area contributed by atoms with E-state index in [1.807, 2.05) is 0 Å². The average molecular weight is 1500 g/mol. The lowest BCUT2D eigenvalue weighted by molar-refractivity contribution is -0.396. The van der Waals surface area contributed by atoms with Crippen molar-refractivity contribution in [2.45, 2.75) is 223 Å². The largest absolute Gasteiger partial charge is 0.481 e. The Kier molecular flexibility index (Phi) is 33.0. The Bertz CT molecular complexity index is 2060. The van der Waals surface area contributed by atoms with Crippen molar-refractivity contribution in [3.05, 3.63) is 0 Å². The Morgan fingerprint density at radius 3 is 0.448 bits per heavy atom. The first-order valence-corrected chi connectivity index (χ1v) is 37.3. The third-order valence-corrected chi connectivity index (χ3v) is 22.4. The van der Waals surface area contributed by atoms with Crippen molar-refractivity contribution in [2.75, 3.05) is 69.0 Å². The fourth-order valence-electron chi connectivity index (χ4n) is 11.0. The zero-order valence-electron chi connectivity index (χ0n) is 50.9. The van der Waals surface area contributed by atoms with E-state index in [-0.39, 0.29) is 69.0 Å². The van der Waals surface area contributed by atoms with Crippen LogP contribution in [0.15, 0.2) is 0 Å². The van der Waals surface area contributed by atoms with Gasteiger partial charge >= 0.3 is 35.8 Å². The smallest absolute Gasteiger partial charge is 0.304 e. The topological polar surface area (TPSA) is 577 Å². The zero-order valence-corrected chi connectivity index (χ0v) is 55.8. The lowest BCUT2D eigenvalue weighted by atomic mass is 9.95. The second kappa shape index (κ2) is 39.0. The third-order valence-electron chi connectivity index (χ3n) is 16.0. The van der Waals surface area contributed by atoms with Gasteiger partial charge in [0.15, 0.2) is 37.7 Å². The molecule has 12 bridgehead atoms. The molecule has 42 heteroatoms. The molecule has 22 saturated heterocycles. The van der Waals surface area contributed by atoms with Crippen LogP contribution in [0, 0.1) is 0 Å². The van der Waals surface area contributed by atoms with E-state index in [0.29, 0.717) is 0 Å². The van der Waals surface area contributed by atoms with Crippen LogP contribution in [0.2, 0.25) is 0 Å². The summed E-state index contributed by atoms with van der Waals surface area (Å²) in [6, 6.07) is 0. The first-order valence-electron chi connectivity index (χ1n) is 30.4. The van der Waals surface area contributed by atoms with Gasteiger partial charge in [-0.05, 0) is 0 Å². The van der Waals surface area contributed by atoms with Crippen molar-refractivity contribution in [1.29, 1.82) is 0 Å². The van der Waals surface area contributed by atoms with Crippen LogP contribution in [0.4, 0.5) is 0 Å². The van der Waals surface area contributed by atoms with E-state index in [2.05, 4.69) is 0 Å². The zero-order chi connectivity index (χ0) is 70.2. The predicted octanol–water partition coefficient (Wildman–Crippen LogP) is -5.76. The van der Waals surface area contributed by atoms with Crippen LogP contribution < -0.4 is 0 Å². The van der Waals surface area contributed by atoms with E-state index in [1.54, 1.807) is 0 Å². The number of thioether (sulfide) groups is 6. The van der Waals surface area contributed by atoms with Crippen LogP contribution in [-0.4, -0.2) is 381 Å². The molecule has 30 atom stereocenters. The molecule has 22 aliphatic rings. The van der Waals surface area contributed by atoms with E-state index < -0.39 is 259 Å². The summed E-state index contributed by atoms with van der Waals surface area (Å²) in [6.07, 6.45) is -60.5. The van der Waals surface area contributed by atoms with Crippen molar-refractivity contribution in [1.82, 2.24) is 0 Å². The molecule has 22 fully saturated rings. The minimum absolute atomic E-state index is 0.0799. The molecule has 0 aromatic heterocycles. The summed E-state index contributed by atoms with van der Waals surface area (Å²) in [4.78, 5) is 69.5. The van der Waals surface area contributed by atoms with Gasteiger partial charge < -0.3 is 149 Å². The van der Waals surface area contributed by atoms with E-state index in [4.69, 9.17) is 56.8 Å². The van der Waals surface area contributed by atoms with Gasteiger partial charge in [-0.3, -0.25) is 28.8 Å². The molecular weight excluding hydrogens is 1420 g/mol. The third kappa shape index (κ3) is 22.5. The Labute approximate surface area is 572 Å². The van der Waals surface area contributed by atoms with Gasteiger partial charge in [-0.15, -0.1) is 0 Å². The Balaban J connectivity index is 1.30. The number of rotatable bonds is 30. The number of carboxylic acid groups (broad SMARTS) is 6. The summed E-state index contributed by atoms with van der Waals surface area (Å²) in [5, 5.41) is 200. The van der Waals surface area contributed by atoms with Gasteiger partial charge in [-0.25, -0.2) is 0 Å². The first-order chi connectivity index (χ1) is 45.6. The van der Waals surface area contributed by atoms with Gasteiger partial charge in [-0.1, -0.05) is 0 Å². The molecule has 0 aromatic rings. The van der Waals surface area contributed by atoms with Gasteiger partial charge in [0.05, 0.1) is 75.1 Å². The van der Waals surface area contributed by atoms with Crippen LogP contribution in [0.1, 0.15) is 38.5 Å². The van der Waals surface area contributed by atoms with Crippen molar-refractivity contribution >= 4 is 106 Å². The Morgan fingerprint density at radius 1 is 0.208 bits per heavy atom. The highest BCUT2D eigenvalue weighted by molar-refractivity contribution is 8.00. The Hall–Kier alpha value is -2.04. The van der Waals surface area contributed by atoms with Gasteiger partial charge in [0.1, 0.15) is 110 Å². The number of carbonyl (C=O) groups is 6. The molecule has 0 aromatic carbocycles. The average Bonchev–Trinajstić information content (AvgIpc) is 0.778. The molecule has 22 aliphatic heterocycles. The van der Waals surface area contributed by atoms with Crippen molar-refractivity contribution in [3.8, 4) is 0 Å². The standard InChI is InChI=1S/C54H84O36S6/c55-25(56)1-7-91-13-19-43-31(67)37(73)49(79-19)86-44-20(14-92-8-2-26(57)58)81-51(39(75)33(44)69)88-46-22(16-94-10-4-28(61)62)83-53(41(77)35(46)71)90-48-24(18-96-12-6-30(65)66)84-54(42(78)36(48)72)89-47-23(17-95-11-5-29(63)64)82-52(40(76)34(47)70)87-45-21(15-93-9-3-27(59)60)80-50(85-43)38(74)32(45)68/h19-24,31-54,67-78H,1-18H2,(H,55,56)(H,57,58)(H,59,60)(H,61,62)(H,63,64)(H,65,66)/t19-,20-,21-,22-,23-,24-,31-,32-,33-,34-,35-,36-,37-,38-,39-,40-,41-,42-,43-,44-,45-,46-,47-,48-,49-,50-,51-,52-,53-,54-/m1/s1. The van der Waals surface area contributed by atoms with Crippen LogP contribution in [-0.2, 0) is 85.6 Å². The van der Waals surface area contributed by atoms with Gasteiger partial charge in [0.25, 0.3) is 0 Å². The monoisotopic (exact) mass is 1500 g/mol. The molecule has 18 N–H and O–H groups in total. The SMILES string of the molecule is O=C(O)CCSC[C@H]1O[C@@H]2O[C@H]3[C@H](O)[C@@H](O)[C@@H](O[C@H]4[C@H](O)[C@@H](O)[C@@H](O[C@H]5[C@H](O)[C@@H](O)[C@@H](O[C@H]6[C@H](O)[C@@H](O)[C@@H](O[C@H]7[C@H](O)[C@@H](O)[C@@H](O[C@H]1[C@H](O)[C@H]2O)O[C@@H]7CSCCC(=O)O)O[C@@H]6CSCCC(=O)O)O[C@@H]5CSCCC(=O)O)O[C@@H]4CSCCC(=O)O)O[C@@H]3CSCCC(=O)O. The van der Waals surface area contributed by atoms with Crippen molar-refractivity contribution in [2.24, 2.45) is 0 Å². The van der Waals surface area contributed by atoms with E-state index in [1.165, 1.54) is 0 Å². The lowest BCUT2D eigenvalue weighted by Crippen LogP contribution is -2.69. The fraction of sp³-hybridized carbons (Fsp3) is 0.889. The molecule has 0 amide bonds. The van der Waals surface area contributed by atoms with Gasteiger partial charge in [0.2, 0.25) is 0 Å². The highest BCUT2D eigenvalue weighted by Gasteiger charge is 2.59. The molecule has 22 heterocycles. The molecule has 552 valence electrons. The number of aliphatic hydroxyl groups excluding tert-OH is 12.